The summed E-state index contributed by atoms with van der Waals surface area (Å²) in [6.45, 7) is 5.54. The van der Waals surface area contributed by atoms with Gasteiger partial charge >= 0.3 is 5.97 Å². The second-order valence-electron chi connectivity index (χ2n) is 3.69. The Bertz CT molecular complexity index is 312. The van der Waals surface area contributed by atoms with Crippen LogP contribution in [-0.4, -0.2) is 44.5 Å². The van der Waals surface area contributed by atoms with E-state index in [1.807, 2.05) is 0 Å². The molecule has 2 N–H and O–H groups in total. The molecule has 0 heterocycles. The minimum absolute atomic E-state index is 0.0657. The lowest BCUT2D eigenvalue weighted by Crippen LogP contribution is -2.45. The molecule has 16 heavy (non-hydrogen) atoms. The highest BCUT2D eigenvalue weighted by atomic mass is 32.2. The number of carboxylic acid groups (broad SMARTS) is 1. The van der Waals surface area contributed by atoms with Crippen LogP contribution in [0.15, 0.2) is 0 Å². The molecule has 0 aromatic carbocycles. The van der Waals surface area contributed by atoms with Crippen molar-refractivity contribution in [1.82, 2.24) is 4.72 Å². The number of rotatable bonds is 8. The lowest BCUT2D eigenvalue weighted by Gasteiger charge is -2.17. The molecule has 0 saturated carbocycles. The number of ether oxygens (including phenoxy) is 1. The summed E-state index contributed by atoms with van der Waals surface area (Å²) in [6.07, 6.45) is 0. The molecule has 6 nitrogen and oxygen atoms in total. The van der Waals surface area contributed by atoms with Crippen LogP contribution >= 0.6 is 0 Å². The highest BCUT2D eigenvalue weighted by molar-refractivity contribution is 7.89. The van der Waals surface area contributed by atoms with E-state index in [4.69, 9.17) is 9.84 Å². The van der Waals surface area contributed by atoms with Crippen LogP contribution in [0.1, 0.15) is 20.8 Å². The van der Waals surface area contributed by atoms with E-state index in [2.05, 4.69) is 4.72 Å². The minimum atomic E-state index is -3.60. The monoisotopic (exact) mass is 253 g/mol. The van der Waals surface area contributed by atoms with Gasteiger partial charge in [-0.15, -0.1) is 0 Å². The minimum Gasteiger partial charge on any atom is -0.480 e. The Morgan fingerprint density at radius 2 is 2.00 bits per heavy atom. The standard InChI is InChI=1S/C9H19NO5S/c1-4-15-5-6-16(13,14)10-8(7(2)3)9(11)12/h7-8,10H,4-6H2,1-3H3,(H,11,12)/t8-/m0/s1. The number of carboxylic acids is 1. The van der Waals surface area contributed by atoms with Crippen molar-refractivity contribution >= 4 is 16.0 Å². The average Bonchev–Trinajstić information content (AvgIpc) is 2.13. The highest BCUT2D eigenvalue weighted by Crippen LogP contribution is 2.03. The van der Waals surface area contributed by atoms with Crippen LogP contribution in [0, 0.1) is 5.92 Å². The first-order chi connectivity index (χ1) is 7.30. The Morgan fingerprint density at radius 1 is 1.44 bits per heavy atom. The molecule has 0 radical (unpaired) electrons. The van der Waals surface area contributed by atoms with Crippen molar-refractivity contribution in [1.29, 1.82) is 0 Å². The Balaban J connectivity index is 4.37. The highest BCUT2D eigenvalue weighted by Gasteiger charge is 2.26. The van der Waals surface area contributed by atoms with E-state index in [9.17, 15) is 13.2 Å². The zero-order valence-electron chi connectivity index (χ0n) is 9.76. The molecule has 1 atom stereocenters. The Morgan fingerprint density at radius 3 is 2.38 bits per heavy atom. The fourth-order valence-electron chi connectivity index (χ4n) is 1.04. The van der Waals surface area contributed by atoms with Crippen molar-refractivity contribution in [2.75, 3.05) is 19.0 Å². The third-order valence-corrected chi connectivity index (χ3v) is 3.26. The number of nitrogens with one attached hydrogen (secondary N) is 1. The van der Waals surface area contributed by atoms with Crippen molar-refractivity contribution < 1.29 is 23.1 Å². The topological polar surface area (TPSA) is 92.7 Å². The van der Waals surface area contributed by atoms with E-state index in [1.165, 1.54) is 0 Å². The predicted octanol–water partition coefficient (Wildman–Crippen LogP) is 0.0515. The fourth-order valence-corrected chi connectivity index (χ4v) is 2.25. The number of hydrogen-bond acceptors (Lipinski definition) is 4. The van der Waals surface area contributed by atoms with Crippen LogP contribution in [0.2, 0.25) is 0 Å². The van der Waals surface area contributed by atoms with Crippen LogP contribution < -0.4 is 4.72 Å². The van der Waals surface area contributed by atoms with Gasteiger partial charge in [-0.25, -0.2) is 13.1 Å². The molecule has 0 rings (SSSR count). The van der Waals surface area contributed by atoms with Gasteiger partial charge in [0.05, 0.1) is 12.4 Å². The summed E-state index contributed by atoms with van der Waals surface area (Å²) in [5.74, 6) is -1.70. The van der Waals surface area contributed by atoms with Gasteiger partial charge in [-0.2, -0.15) is 0 Å². The van der Waals surface area contributed by atoms with Gasteiger partial charge in [0.25, 0.3) is 0 Å². The molecule has 0 aromatic rings. The molecule has 0 aliphatic heterocycles. The summed E-state index contributed by atoms with van der Waals surface area (Å²) in [6, 6.07) is -1.09. The van der Waals surface area contributed by atoms with Gasteiger partial charge < -0.3 is 9.84 Å². The van der Waals surface area contributed by atoms with Crippen LogP contribution in [0.3, 0.4) is 0 Å². The summed E-state index contributed by atoms with van der Waals surface area (Å²) in [5, 5.41) is 8.82. The third-order valence-electron chi connectivity index (χ3n) is 1.94. The molecule has 0 bridgehead atoms. The van der Waals surface area contributed by atoms with Gasteiger partial charge in [-0.05, 0) is 12.8 Å². The van der Waals surface area contributed by atoms with Gasteiger partial charge in [-0.3, -0.25) is 4.79 Å². The van der Waals surface area contributed by atoms with Crippen molar-refractivity contribution in [2.24, 2.45) is 5.92 Å². The maximum absolute atomic E-state index is 11.5. The fraction of sp³-hybridized carbons (Fsp3) is 0.889. The number of carbonyl (C=O) groups is 1. The molecule has 0 fully saturated rings. The lowest BCUT2D eigenvalue weighted by atomic mass is 10.1. The van der Waals surface area contributed by atoms with E-state index < -0.39 is 22.0 Å². The molecular weight excluding hydrogens is 234 g/mol. The Labute approximate surface area is 96.0 Å². The molecular formula is C9H19NO5S. The Kier molecular flexibility index (Phi) is 6.54. The van der Waals surface area contributed by atoms with Gasteiger partial charge in [0.15, 0.2) is 0 Å². The predicted molar refractivity (Wildman–Crippen MR) is 59.7 cm³/mol. The van der Waals surface area contributed by atoms with E-state index in [-0.39, 0.29) is 18.3 Å². The molecule has 0 amide bonds. The van der Waals surface area contributed by atoms with Crippen LogP contribution in [-0.2, 0) is 19.6 Å². The van der Waals surface area contributed by atoms with Crippen LogP contribution in [0.25, 0.3) is 0 Å². The first-order valence-corrected chi connectivity index (χ1v) is 6.76. The average molecular weight is 253 g/mol. The van der Waals surface area contributed by atoms with Crippen LogP contribution in [0.4, 0.5) is 0 Å². The third kappa shape index (κ3) is 6.04. The van der Waals surface area contributed by atoms with Crippen molar-refractivity contribution in [3.05, 3.63) is 0 Å². The van der Waals surface area contributed by atoms with Crippen LogP contribution in [0.5, 0.6) is 0 Å². The van der Waals surface area contributed by atoms with E-state index in [1.54, 1.807) is 20.8 Å². The summed E-state index contributed by atoms with van der Waals surface area (Å²) >= 11 is 0. The first kappa shape index (κ1) is 15.3. The van der Waals surface area contributed by atoms with Gasteiger partial charge in [-0.1, -0.05) is 13.8 Å². The Hall–Kier alpha value is -0.660. The SMILES string of the molecule is CCOCCS(=O)(=O)N[C@H](C(=O)O)C(C)C. The molecule has 0 spiro atoms. The zero-order chi connectivity index (χ0) is 12.8. The first-order valence-electron chi connectivity index (χ1n) is 5.10. The van der Waals surface area contributed by atoms with Crippen molar-refractivity contribution in [3.8, 4) is 0 Å². The molecule has 0 aliphatic carbocycles. The summed E-state index contributed by atoms with van der Waals surface area (Å²) in [5.41, 5.74) is 0. The summed E-state index contributed by atoms with van der Waals surface area (Å²) in [4.78, 5) is 10.8. The number of aliphatic carboxylic acids is 1. The summed E-state index contributed by atoms with van der Waals surface area (Å²) < 4.78 is 30.0. The van der Waals surface area contributed by atoms with Crippen molar-refractivity contribution in [3.63, 3.8) is 0 Å². The zero-order valence-corrected chi connectivity index (χ0v) is 10.6. The molecule has 0 saturated heterocycles. The van der Waals surface area contributed by atoms with E-state index in [0.29, 0.717) is 6.61 Å². The molecule has 0 aromatic heterocycles. The summed E-state index contributed by atoms with van der Waals surface area (Å²) in [7, 11) is -3.60. The van der Waals surface area contributed by atoms with Gasteiger partial charge in [0.1, 0.15) is 6.04 Å². The molecule has 0 unspecified atom stereocenters. The molecule has 96 valence electrons. The van der Waals surface area contributed by atoms with Crippen molar-refractivity contribution in [2.45, 2.75) is 26.8 Å². The smallest absolute Gasteiger partial charge is 0.321 e. The number of sulfonamides is 1. The quantitative estimate of drug-likeness (QED) is 0.596. The largest absolute Gasteiger partial charge is 0.480 e. The second-order valence-corrected chi connectivity index (χ2v) is 5.57. The van der Waals surface area contributed by atoms with Gasteiger partial charge in [0, 0.05) is 6.61 Å². The maximum Gasteiger partial charge on any atom is 0.321 e. The normalized spacial score (nSPS) is 14.0. The lowest BCUT2D eigenvalue weighted by molar-refractivity contribution is -0.140. The maximum atomic E-state index is 11.5. The van der Waals surface area contributed by atoms with E-state index in [0.717, 1.165) is 0 Å². The van der Waals surface area contributed by atoms with Gasteiger partial charge in [0.2, 0.25) is 10.0 Å². The van der Waals surface area contributed by atoms with E-state index >= 15 is 0 Å². The molecule has 7 heteroatoms. The number of hydrogen-bond donors (Lipinski definition) is 2. The molecule has 0 aliphatic rings. The second kappa shape index (κ2) is 6.82.